The maximum absolute atomic E-state index is 5.47. The molecule has 0 saturated carbocycles. The summed E-state index contributed by atoms with van der Waals surface area (Å²) >= 11 is 7.07. The summed E-state index contributed by atoms with van der Waals surface area (Å²) in [4.78, 5) is 0. The van der Waals surface area contributed by atoms with Gasteiger partial charge in [-0.1, -0.05) is 29.8 Å². The largest absolute Gasteiger partial charge is 0.496 e. The number of hydrogen-bond donors (Lipinski definition) is 0. The van der Waals surface area contributed by atoms with Crippen LogP contribution in [-0.4, -0.2) is 14.2 Å². The van der Waals surface area contributed by atoms with Gasteiger partial charge in [-0.2, -0.15) is 0 Å². The van der Waals surface area contributed by atoms with Crippen molar-refractivity contribution < 1.29 is 9.47 Å². The van der Waals surface area contributed by atoms with E-state index in [9.17, 15) is 0 Å². The van der Waals surface area contributed by atoms with Gasteiger partial charge in [0.15, 0.2) is 0 Å². The van der Waals surface area contributed by atoms with Crippen LogP contribution in [0.15, 0.2) is 10.5 Å². The van der Waals surface area contributed by atoms with Gasteiger partial charge >= 0.3 is 0 Å². The SMILES string of the molecule is COc1cc(C[C](C)C)c(Br)c(OC)c1CBr. The Kier molecular flexibility index (Phi) is 5.80. The van der Waals surface area contributed by atoms with Gasteiger partial charge in [0.1, 0.15) is 11.5 Å². The zero-order valence-corrected chi connectivity index (χ0v) is 13.7. The lowest BCUT2D eigenvalue weighted by Crippen LogP contribution is -2.01. The Labute approximate surface area is 120 Å². The van der Waals surface area contributed by atoms with E-state index in [0.717, 1.165) is 28.0 Å². The van der Waals surface area contributed by atoms with Crippen LogP contribution in [0.3, 0.4) is 0 Å². The molecule has 0 aliphatic heterocycles. The van der Waals surface area contributed by atoms with Gasteiger partial charge in [-0.3, -0.25) is 0 Å². The summed E-state index contributed by atoms with van der Waals surface area (Å²) in [5.41, 5.74) is 2.21. The molecular formula is C13H17Br2O2. The molecule has 0 heterocycles. The molecule has 1 aromatic carbocycles. The molecule has 0 aliphatic rings. The van der Waals surface area contributed by atoms with Crippen molar-refractivity contribution in [2.45, 2.75) is 25.6 Å². The number of ether oxygens (including phenoxy) is 2. The molecule has 17 heavy (non-hydrogen) atoms. The Morgan fingerprint density at radius 3 is 2.29 bits per heavy atom. The van der Waals surface area contributed by atoms with E-state index in [4.69, 9.17) is 9.47 Å². The van der Waals surface area contributed by atoms with Gasteiger partial charge in [0.05, 0.1) is 18.7 Å². The smallest absolute Gasteiger partial charge is 0.141 e. The molecule has 1 aromatic rings. The molecule has 1 radical (unpaired) electrons. The number of methoxy groups -OCH3 is 2. The second kappa shape index (κ2) is 6.64. The zero-order valence-electron chi connectivity index (χ0n) is 10.6. The molecule has 0 amide bonds. The molecule has 95 valence electrons. The van der Waals surface area contributed by atoms with E-state index in [1.807, 2.05) is 0 Å². The molecular weight excluding hydrogens is 348 g/mol. The highest BCUT2D eigenvalue weighted by Gasteiger charge is 2.17. The second-order valence-electron chi connectivity index (χ2n) is 4.08. The Morgan fingerprint density at radius 1 is 1.24 bits per heavy atom. The van der Waals surface area contributed by atoms with Crippen molar-refractivity contribution in [2.24, 2.45) is 0 Å². The van der Waals surface area contributed by atoms with Gasteiger partial charge in [0.2, 0.25) is 0 Å². The maximum atomic E-state index is 5.47. The van der Waals surface area contributed by atoms with E-state index < -0.39 is 0 Å². The average Bonchev–Trinajstić information content (AvgIpc) is 2.30. The van der Waals surface area contributed by atoms with Gasteiger partial charge in [0, 0.05) is 10.9 Å². The van der Waals surface area contributed by atoms with Crippen molar-refractivity contribution >= 4 is 31.9 Å². The fourth-order valence-electron chi connectivity index (χ4n) is 1.73. The van der Waals surface area contributed by atoms with E-state index in [0.29, 0.717) is 5.33 Å². The number of halogens is 2. The maximum Gasteiger partial charge on any atom is 0.141 e. The second-order valence-corrected chi connectivity index (χ2v) is 5.43. The highest BCUT2D eigenvalue weighted by molar-refractivity contribution is 9.10. The Balaban J connectivity index is 3.34. The summed E-state index contributed by atoms with van der Waals surface area (Å²) in [7, 11) is 3.36. The van der Waals surface area contributed by atoms with Gasteiger partial charge in [-0.05, 0) is 39.9 Å². The van der Waals surface area contributed by atoms with E-state index in [2.05, 4.69) is 51.8 Å². The van der Waals surface area contributed by atoms with Gasteiger partial charge in [-0.25, -0.2) is 0 Å². The van der Waals surface area contributed by atoms with Crippen LogP contribution < -0.4 is 9.47 Å². The number of alkyl halides is 1. The highest BCUT2D eigenvalue weighted by Crippen LogP contribution is 2.40. The van der Waals surface area contributed by atoms with Gasteiger partial charge in [-0.15, -0.1) is 0 Å². The molecule has 1 rings (SSSR count). The first-order chi connectivity index (χ1) is 8.04. The minimum absolute atomic E-state index is 0.701. The van der Waals surface area contributed by atoms with Crippen LogP contribution >= 0.6 is 31.9 Å². The topological polar surface area (TPSA) is 18.5 Å². The molecule has 0 N–H and O–H groups in total. The molecule has 0 aromatic heterocycles. The molecule has 0 spiro atoms. The van der Waals surface area contributed by atoms with Crippen molar-refractivity contribution in [3.63, 3.8) is 0 Å². The number of rotatable bonds is 5. The Hall–Kier alpha value is -0.220. The third-order valence-corrected chi connectivity index (χ3v) is 3.89. The first kappa shape index (κ1) is 14.8. The summed E-state index contributed by atoms with van der Waals surface area (Å²) in [5, 5.41) is 0.701. The summed E-state index contributed by atoms with van der Waals surface area (Å²) in [6.45, 7) is 4.23. The first-order valence-corrected chi connectivity index (χ1v) is 7.23. The fraction of sp³-hybridized carbons (Fsp3) is 0.462. The lowest BCUT2D eigenvalue weighted by molar-refractivity contribution is 0.385. The predicted molar refractivity (Wildman–Crippen MR) is 78.2 cm³/mol. The molecule has 0 atom stereocenters. The van der Waals surface area contributed by atoms with E-state index in [1.165, 1.54) is 11.5 Å². The summed E-state index contributed by atoms with van der Waals surface area (Å²) in [6.07, 6.45) is 0.913. The van der Waals surface area contributed by atoms with E-state index in [1.54, 1.807) is 14.2 Å². The minimum atomic E-state index is 0.701. The third-order valence-electron chi connectivity index (χ3n) is 2.46. The zero-order chi connectivity index (χ0) is 13.0. The number of benzene rings is 1. The van der Waals surface area contributed by atoms with Crippen molar-refractivity contribution in [1.29, 1.82) is 0 Å². The lowest BCUT2D eigenvalue weighted by Gasteiger charge is -2.17. The molecule has 4 heteroatoms. The normalized spacial score (nSPS) is 10.8. The quantitative estimate of drug-likeness (QED) is 0.715. The lowest BCUT2D eigenvalue weighted by atomic mass is 10.0. The Morgan fingerprint density at radius 2 is 1.88 bits per heavy atom. The molecule has 0 bridgehead atoms. The van der Waals surface area contributed by atoms with Crippen LogP contribution in [0, 0.1) is 5.92 Å². The highest BCUT2D eigenvalue weighted by atomic mass is 79.9. The van der Waals surface area contributed by atoms with E-state index in [-0.39, 0.29) is 0 Å². The average molecular weight is 365 g/mol. The van der Waals surface area contributed by atoms with Crippen molar-refractivity contribution in [1.82, 2.24) is 0 Å². The van der Waals surface area contributed by atoms with Crippen LogP contribution in [0.4, 0.5) is 0 Å². The van der Waals surface area contributed by atoms with Crippen LogP contribution in [0.2, 0.25) is 0 Å². The van der Waals surface area contributed by atoms with Crippen LogP contribution in [-0.2, 0) is 11.8 Å². The molecule has 0 fully saturated rings. The standard InChI is InChI=1S/C13H17Br2O2/c1-8(2)5-9-6-11(16-3)10(7-14)13(17-4)12(9)15/h6H,5,7H2,1-4H3. The summed E-state index contributed by atoms with van der Waals surface area (Å²) in [5.74, 6) is 3.05. The van der Waals surface area contributed by atoms with Crippen LogP contribution in [0.5, 0.6) is 11.5 Å². The monoisotopic (exact) mass is 363 g/mol. The molecule has 2 nitrogen and oxygen atoms in total. The predicted octanol–water partition coefficient (Wildman–Crippen LogP) is 4.52. The third kappa shape index (κ3) is 3.38. The van der Waals surface area contributed by atoms with Gasteiger partial charge < -0.3 is 9.47 Å². The van der Waals surface area contributed by atoms with E-state index >= 15 is 0 Å². The van der Waals surface area contributed by atoms with Crippen molar-refractivity contribution in [3.8, 4) is 11.5 Å². The minimum Gasteiger partial charge on any atom is -0.496 e. The number of hydrogen-bond acceptors (Lipinski definition) is 2. The van der Waals surface area contributed by atoms with Gasteiger partial charge in [0.25, 0.3) is 0 Å². The van der Waals surface area contributed by atoms with Crippen molar-refractivity contribution in [2.75, 3.05) is 14.2 Å². The Bertz CT molecular complexity index is 389. The molecule has 0 unspecified atom stereocenters. The van der Waals surface area contributed by atoms with Crippen molar-refractivity contribution in [3.05, 3.63) is 27.6 Å². The molecule has 0 aliphatic carbocycles. The first-order valence-electron chi connectivity index (χ1n) is 5.32. The summed E-state index contributed by atoms with van der Waals surface area (Å²) in [6, 6.07) is 2.07. The van der Waals surface area contributed by atoms with Crippen LogP contribution in [0.1, 0.15) is 25.0 Å². The molecule has 0 saturated heterocycles. The van der Waals surface area contributed by atoms with Crippen LogP contribution in [0.25, 0.3) is 0 Å². The summed E-state index contributed by atoms with van der Waals surface area (Å²) < 4.78 is 11.9. The fourth-order valence-corrected chi connectivity index (χ4v) is 2.92.